The zero-order valence-corrected chi connectivity index (χ0v) is 13.0. The van der Waals surface area contributed by atoms with Crippen molar-refractivity contribution in [3.63, 3.8) is 0 Å². The van der Waals surface area contributed by atoms with Crippen LogP contribution in [0.15, 0.2) is 0 Å². The zero-order chi connectivity index (χ0) is 13.8. The van der Waals surface area contributed by atoms with Crippen molar-refractivity contribution in [2.75, 3.05) is 13.1 Å². The maximum atomic E-state index is 11.8. The maximum Gasteiger partial charge on any atom is 0.222 e. The standard InChI is InChI=1S/C17H33NO/c1-2-3-4-5-6-7-8-9-10-11-14-17(19)18-15-12-13-16-18/h2-16H2,1H3. The first-order valence-corrected chi connectivity index (χ1v) is 8.62. The van der Waals surface area contributed by atoms with E-state index in [1.807, 2.05) is 4.90 Å². The first kappa shape index (κ1) is 16.5. The molecule has 0 aliphatic carbocycles. The lowest BCUT2D eigenvalue weighted by Crippen LogP contribution is -2.27. The number of likely N-dealkylation sites (tertiary alicyclic amines) is 1. The lowest BCUT2D eigenvalue weighted by Gasteiger charge is -2.14. The smallest absolute Gasteiger partial charge is 0.222 e. The summed E-state index contributed by atoms with van der Waals surface area (Å²) in [7, 11) is 0. The summed E-state index contributed by atoms with van der Waals surface area (Å²) in [6, 6.07) is 0. The number of amides is 1. The molecule has 1 rings (SSSR count). The van der Waals surface area contributed by atoms with E-state index < -0.39 is 0 Å². The van der Waals surface area contributed by atoms with Gasteiger partial charge in [-0.3, -0.25) is 4.79 Å². The van der Waals surface area contributed by atoms with E-state index in [9.17, 15) is 4.79 Å². The Kier molecular flexibility index (Phi) is 9.84. The van der Waals surface area contributed by atoms with Crippen molar-refractivity contribution in [3.05, 3.63) is 0 Å². The van der Waals surface area contributed by atoms with Gasteiger partial charge in [0.15, 0.2) is 0 Å². The first-order chi connectivity index (χ1) is 9.34. The lowest BCUT2D eigenvalue weighted by atomic mass is 10.1. The van der Waals surface area contributed by atoms with Crippen LogP contribution < -0.4 is 0 Å². The Morgan fingerprint density at radius 3 is 1.79 bits per heavy atom. The number of rotatable bonds is 11. The molecule has 2 heteroatoms. The second kappa shape index (κ2) is 11.3. The van der Waals surface area contributed by atoms with Crippen LogP contribution in [0.3, 0.4) is 0 Å². The topological polar surface area (TPSA) is 20.3 Å². The first-order valence-electron chi connectivity index (χ1n) is 8.62. The zero-order valence-electron chi connectivity index (χ0n) is 13.0. The van der Waals surface area contributed by atoms with E-state index in [1.165, 1.54) is 70.6 Å². The molecule has 0 N–H and O–H groups in total. The van der Waals surface area contributed by atoms with Crippen LogP contribution in [0.4, 0.5) is 0 Å². The monoisotopic (exact) mass is 267 g/mol. The molecule has 1 aliphatic rings. The van der Waals surface area contributed by atoms with Crippen molar-refractivity contribution in [1.82, 2.24) is 4.90 Å². The van der Waals surface area contributed by atoms with Crippen molar-refractivity contribution in [1.29, 1.82) is 0 Å². The summed E-state index contributed by atoms with van der Waals surface area (Å²) in [5, 5.41) is 0. The van der Waals surface area contributed by atoms with Crippen LogP contribution in [0.1, 0.15) is 90.4 Å². The average molecular weight is 267 g/mol. The summed E-state index contributed by atoms with van der Waals surface area (Å²) < 4.78 is 0. The summed E-state index contributed by atoms with van der Waals surface area (Å²) in [6.07, 6.45) is 16.6. The molecule has 0 bridgehead atoms. The Morgan fingerprint density at radius 1 is 0.789 bits per heavy atom. The van der Waals surface area contributed by atoms with Crippen LogP contribution in [0.2, 0.25) is 0 Å². The van der Waals surface area contributed by atoms with Crippen molar-refractivity contribution in [2.45, 2.75) is 90.4 Å². The molecule has 1 heterocycles. The molecule has 0 aromatic heterocycles. The molecule has 1 fully saturated rings. The van der Waals surface area contributed by atoms with Gasteiger partial charge in [0.1, 0.15) is 0 Å². The Labute approximate surface area is 119 Å². The summed E-state index contributed by atoms with van der Waals surface area (Å²) in [4.78, 5) is 13.9. The van der Waals surface area contributed by atoms with E-state index in [0.29, 0.717) is 5.91 Å². The van der Waals surface area contributed by atoms with Crippen LogP contribution in [0.25, 0.3) is 0 Å². The lowest BCUT2D eigenvalue weighted by molar-refractivity contribution is -0.130. The molecule has 0 spiro atoms. The van der Waals surface area contributed by atoms with Gasteiger partial charge >= 0.3 is 0 Å². The van der Waals surface area contributed by atoms with Gasteiger partial charge in [0.2, 0.25) is 5.91 Å². The molecule has 0 unspecified atom stereocenters. The van der Waals surface area contributed by atoms with Crippen molar-refractivity contribution < 1.29 is 4.79 Å². The molecule has 19 heavy (non-hydrogen) atoms. The molecule has 1 aliphatic heterocycles. The van der Waals surface area contributed by atoms with Crippen LogP contribution in [0, 0.1) is 0 Å². The Bertz CT molecular complexity index is 221. The van der Waals surface area contributed by atoms with Crippen LogP contribution in [-0.4, -0.2) is 23.9 Å². The van der Waals surface area contributed by atoms with E-state index in [2.05, 4.69) is 6.92 Å². The summed E-state index contributed by atoms with van der Waals surface area (Å²) in [5.41, 5.74) is 0. The van der Waals surface area contributed by atoms with Gasteiger partial charge < -0.3 is 4.90 Å². The van der Waals surface area contributed by atoms with E-state index in [0.717, 1.165) is 25.9 Å². The maximum absolute atomic E-state index is 11.8. The molecule has 2 nitrogen and oxygen atoms in total. The second-order valence-electron chi connectivity index (χ2n) is 6.02. The fourth-order valence-electron chi connectivity index (χ4n) is 2.89. The van der Waals surface area contributed by atoms with Gasteiger partial charge in [-0.1, -0.05) is 64.7 Å². The normalized spacial score (nSPS) is 15.1. The predicted molar refractivity (Wildman–Crippen MR) is 82.3 cm³/mol. The molecule has 0 saturated carbocycles. The van der Waals surface area contributed by atoms with Gasteiger partial charge in [0, 0.05) is 19.5 Å². The van der Waals surface area contributed by atoms with E-state index >= 15 is 0 Å². The third kappa shape index (κ3) is 8.28. The van der Waals surface area contributed by atoms with Crippen LogP contribution in [0.5, 0.6) is 0 Å². The minimum Gasteiger partial charge on any atom is -0.343 e. The van der Waals surface area contributed by atoms with E-state index in [-0.39, 0.29) is 0 Å². The SMILES string of the molecule is CCCCCCCCCCCCC(=O)N1CCCC1. The highest BCUT2D eigenvalue weighted by molar-refractivity contribution is 5.76. The van der Waals surface area contributed by atoms with E-state index in [4.69, 9.17) is 0 Å². The van der Waals surface area contributed by atoms with Gasteiger partial charge in [-0.2, -0.15) is 0 Å². The molecule has 112 valence electrons. The number of hydrogen-bond donors (Lipinski definition) is 0. The molecular weight excluding hydrogens is 234 g/mol. The molecule has 1 saturated heterocycles. The fourth-order valence-corrected chi connectivity index (χ4v) is 2.89. The minimum atomic E-state index is 0.400. The molecule has 1 amide bonds. The minimum absolute atomic E-state index is 0.400. The Morgan fingerprint density at radius 2 is 1.26 bits per heavy atom. The highest BCUT2D eigenvalue weighted by Crippen LogP contribution is 2.13. The fraction of sp³-hybridized carbons (Fsp3) is 0.941. The Hall–Kier alpha value is -0.530. The van der Waals surface area contributed by atoms with Gasteiger partial charge in [0.25, 0.3) is 0 Å². The average Bonchev–Trinajstić information content (AvgIpc) is 2.95. The molecule has 0 atom stereocenters. The van der Waals surface area contributed by atoms with Gasteiger partial charge in [-0.05, 0) is 19.3 Å². The number of carbonyl (C=O) groups excluding carboxylic acids is 1. The molecule has 0 aromatic carbocycles. The van der Waals surface area contributed by atoms with Crippen LogP contribution >= 0.6 is 0 Å². The van der Waals surface area contributed by atoms with Crippen molar-refractivity contribution in [3.8, 4) is 0 Å². The second-order valence-corrected chi connectivity index (χ2v) is 6.02. The van der Waals surface area contributed by atoms with Crippen molar-refractivity contribution >= 4 is 5.91 Å². The highest BCUT2D eigenvalue weighted by Gasteiger charge is 2.16. The summed E-state index contributed by atoms with van der Waals surface area (Å²) in [5.74, 6) is 0.400. The third-order valence-corrected chi connectivity index (χ3v) is 4.20. The third-order valence-electron chi connectivity index (χ3n) is 4.20. The Balaban J connectivity index is 1.79. The quantitative estimate of drug-likeness (QED) is 0.487. The molecule has 0 radical (unpaired) electrons. The van der Waals surface area contributed by atoms with Gasteiger partial charge in [-0.25, -0.2) is 0 Å². The van der Waals surface area contributed by atoms with Gasteiger partial charge in [-0.15, -0.1) is 0 Å². The molecule has 0 aromatic rings. The van der Waals surface area contributed by atoms with E-state index in [1.54, 1.807) is 0 Å². The number of hydrogen-bond acceptors (Lipinski definition) is 1. The summed E-state index contributed by atoms with van der Waals surface area (Å²) in [6.45, 7) is 4.29. The van der Waals surface area contributed by atoms with Crippen molar-refractivity contribution in [2.24, 2.45) is 0 Å². The molecular formula is C17H33NO. The summed E-state index contributed by atoms with van der Waals surface area (Å²) >= 11 is 0. The number of nitrogens with zero attached hydrogens (tertiary/aromatic N) is 1. The van der Waals surface area contributed by atoms with Gasteiger partial charge in [0.05, 0.1) is 0 Å². The number of carbonyl (C=O) groups is 1. The van der Waals surface area contributed by atoms with Crippen LogP contribution in [-0.2, 0) is 4.79 Å². The predicted octanol–water partition coefficient (Wildman–Crippen LogP) is 4.92. The highest BCUT2D eigenvalue weighted by atomic mass is 16.2. The number of unbranched alkanes of at least 4 members (excludes halogenated alkanes) is 9. The largest absolute Gasteiger partial charge is 0.343 e.